The van der Waals surface area contributed by atoms with E-state index in [1.54, 1.807) is 0 Å². The van der Waals surface area contributed by atoms with Crippen LogP contribution in [0.15, 0.2) is 24.3 Å². The van der Waals surface area contributed by atoms with E-state index in [1.807, 2.05) is 0 Å². The minimum atomic E-state index is -5.78. The largest absolute Gasteiger partial charge is 0.499 e. The Morgan fingerprint density at radius 3 is 2.00 bits per heavy atom. The summed E-state index contributed by atoms with van der Waals surface area (Å²) in [6.07, 6.45) is -8.12. The van der Waals surface area contributed by atoms with Crippen LogP contribution in [0, 0.1) is 0 Å². The second-order valence-corrected chi connectivity index (χ2v) is 6.22. The number of benzene rings is 1. The standard InChI is InChI=1S/C15H16F5NO2/c16-14(17,18)15(19,20)23-12-5-1-9(2-6-12)13(22)7-10-3-4-11(8-13)21-10/h1-2,5-6,10-11,21-22H,3-4,7-8H2. The number of aliphatic hydroxyl groups is 1. The summed E-state index contributed by atoms with van der Waals surface area (Å²) in [7, 11) is 0. The second kappa shape index (κ2) is 5.31. The maximum absolute atomic E-state index is 12.9. The third-order valence-corrected chi connectivity index (χ3v) is 4.47. The lowest BCUT2D eigenvalue weighted by Crippen LogP contribution is -2.46. The minimum absolute atomic E-state index is 0.198. The predicted molar refractivity (Wildman–Crippen MR) is 71.1 cm³/mol. The van der Waals surface area contributed by atoms with Crippen molar-refractivity contribution in [3.63, 3.8) is 0 Å². The van der Waals surface area contributed by atoms with Crippen LogP contribution in [0.5, 0.6) is 5.75 Å². The van der Waals surface area contributed by atoms with Crippen molar-refractivity contribution >= 4 is 0 Å². The van der Waals surface area contributed by atoms with E-state index < -0.39 is 23.6 Å². The minimum Gasteiger partial charge on any atom is -0.426 e. The molecule has 2 heterocycles. The highest BCUT2D eigenvalue weighted by atomic mass is 19.4. The van der Waals surface area contributed by atoms with Gasteiger partial charge in [-0.15, -0.1) is 0 Å². The molecule has 2 bridgehead atoms. The fourth-order valence-corrected chi connectivity index (χ4v) is 3.40. The molecule has 23 heavy (non-hydrogen) atoms. The zero-order valence-electron chi connectivity index (χ0n) is 12.0. The van der Waals surface area contributed by atoms with Crippen molar-refractivity contribution in [3.05, 3.63) is 29.8 Å². The van der Waals surface area contributed by atoms with Crippen LogP contribution in [0.1, 0.15) is 31.2 Å². The van der Waals surface area contributed by atoms with Gasteiger partial charge in [-0.25, -0.2) is 0 Å². The first-order valence-electron chi connectivity index (χ1n) is 7.32. The summed E-state index contributed by atoms with van der Waals surface area (Å²) in [6, 6.07) is 5.13. The topological polar surface area (TPSA) is 41.5 Å². The molecule has 0 saturated carbocycles. The molecule has 0 spiro atoms. The third kappa shape index (κ3) is 3.14. The van der Waals surface area contributed by atoms with Gasteiger partial charge in [-0.05, 0) is 43.4 Å². The maximum Gasteiger partial charge on any atom is 0.499 e. The van der Waals surface area contributed by atoms with E-state index in [2.05, 4.69) is 10.1 Å². The lowest BCUT2D eigenvalue weighted by atomic mass is 9.81. The molecule has 2 saturated heterocycles. The van der Waals surface area contributed by atoms with E-state index in [0.29, 0.717) is 18.4 Å². The van der Waals surface area contributed by atoms with Gasteiger partial charge in [-0.1, -0.05) is 12.1 Å². The van der Waals surface area contributed by atoms with Crippen LogP contribution in [0.4, 0.5) is 22.0 Å². The van der Waals surface area contributed by atoms with Crippen molar-refractivity contribution in [1.29, 1.82) is 0 Å². The highest BCUT2D eigenvalue weighted by molar-refractivity contribution is 5.32. The zero-order valence-corrected chi connectivity index (χ0v) is 12.0. The molecule has 0 aliphatic carbocycles. The monoisotopic (exact) mass is 337 g/mol. The van der Waals surface area contributed by atoms with E-state index in [0.717, 1.165) is 25.0 Å². The zero-order chi connectivity index (χ0) is 16.9. The summed E-state index contributed by atoms with van der Waals surface area (Å²) in [4.78, 5) is 0. The molecule has 3 nitrogen and oxygen atoms in total. The SMILES string of the molecule is OC1(c2ccc(OC(F)(F)C(F)(F)F)cc2)CC2CCC(C1)N2. The van der Waals surface area contributed by atoms with Crippen molar-refractivity contribution in [2.45, 2.75) is 55.7 Å². The predicted octanol–water partition coefficient (Wildman–Crippen LogP) is 3.32. The number of hydrogen-bond acceptors (Lipinski definition) is 3. The number of hydrogen-bond donors (Lipinski definition) is 2. The quantitative estimate of drug-likeness (QED) is 0.832. The molecule has 2 fully saturated rings. The van der Waals surface area contributed by atoms with Crippen LogP contribution in [0.3, 0.4) is 0 Å². The van der Waals surface area contributed by atoms with E-state index >= 15 is 0 Å². The van der Waals surface area contributed by atoms with Crippen molar-refractivity contribution in [2.24, 2.45) is 0 Å². The molecule has 2 aliphatic rings. The van der Waals surface area contributed by atoms with E-state index in [4.69, 9.17) is 0 Å². The molecule has 2 aliphatic heterocycles. The van der Waals surface area contributed by atoms with Crippen molar-refractivity contribution < 1.29 is 31.8 Å². The molecular weight excluding hydrogens is 321 g/mol. The molecule has 2 N–H and O–H groups in total. The molecular formula is C15H16F5NO2. The Kier molecular flexibility index (Phi) is 3.79. The number of halogens is 5. The Balaban J connectivity index is 1.75. The van der Waals surface area contributed by atoms with Gasteiger partial charge < -0.3 is 15.2 Å². The Hall–Kier alpha value is -1.41. The molecule has 0 radical (unpaired) electrons. The first-order chi connectivity index (χ1) is 10.6. The Bertz CT molecular complexity index is 560. The molecule has 0 aromatic heterocycles. The molecule has 128 valence electrons. The van der Waals surface area contributed by atoms with Gasteiger partial charge in [0.1, 0.15) is 5.75 Å². The maximum atomic E-state index is 12.9. The van der Waals surface area contributed by atoms with Gasteiger partial charge in [0.25, 0.3) is 0 Å². The fraction of sp³-hybridized carbons (Fsp3) is 0.600. The molecule has 3 rings (SSSR count). The Morgan fingerprint density at radius 2 is 1.52 bits per heavy atom. The summed E-state index contributed by atoms with van der Waals surface area (Å²) in [6.45, 7) is 0. The molecule has 2 atom stereocenters. The number of fused-ring (bicyclic) bond motifs is 2. The lowest BCUT2D eigenvalue weighted by molar-refractivity contribution is -0.360. The summed E-state index contributed by atoms with van der Waals surface area (Å²) < 4.78 is 65.8. The average Bonchev–Trinajstić information content (AvgIpc) is 2.77. The average molecular weight is 337 g/mol. The van der Waals surface area contributed by atoms with E-state index in [-0.39, 0.29) is 12.1 Å². The van der Waals surface area contributed by atoms with Gasteiger partial charge >= 0.3 is 12.3 Å². The lowest BCUT2D eigenvalue weighted by Gasteiger charge is -2.37. The Labute approximate surface area is 129 Å². The first kappa shape index (κ1) is 16.4. The molecule has 1 aromatic rings. The first-order valence-corrected chi connectivity index (χ1v) is 7.32. The van der Waals surface area contributed by atoms with Crippen LogP contribution >= 0.6 is 0 Å². The van der Waals surface area contributed by atoms with Gasteiger partial charge in [-0.3, -0.25) is 0 Å². The van der Waals surface area contributed by atoms with Crippen LogP contribution in [0.2, 0.25) is 0 Å². The van der Waals surface area contributed by atoms with Crippen LogP contribution in [-0.4, -0.2) is 29.5 Å². The molecule has 0 amide bonds. The number of alkyl halides is 5. The van der Waals surface area contributed by atoms with Gasteiger partial charge in [0, 0.05) is 12.1 Å². The number of ether oxygens (including phenoxy) is 1. The van der Waals surface area contributed by atoms with Crippen molar-refractivity contribution in [3.8, 4) is 5.75 Å². The number of piperidine rings is 1. The van der Waals surface area contributed by atoms with Crippen molar-refractivity contribution in [2.75, 3.05) is 0 Å². The van der Waals surface area contributed by atoms with Gasteiger partial charge in [0.15, 0.2) is 0 Å². The van der Waals surface area contributed by atoms with Gasteiger partial charge in [0.05, 0.1) is 5.60 Å². The summed E-state index contributed by atoms with van der Waals surface area (Å²) in [5.74, 6) is -0.600. The number of rotatable bonds is 3. The molecule has 2 unspecified atom stereocenters. The molecule has 8 heteroatoms. The van der Waals surface area contributed by atoms with E-state index in [1.165, 1.54) is 12.1 Å². The summed E-state index contributed by atoms with van der Waals surface area (Å²) in [5.41, 5.74) is -0.596. The number of nitrogens with one attached hydrogen (secondary N) is 1. The van der Waals surface area contributed by atoms with Gasteiger partial charge in [0.2, 0.25) is 0 Å². The fourth-order valence-electron chi connectivity index (χ4n) is 3.40. The van der Waals surface area contributed by atoms with Crippen LogP contribution < -0.4 is 10.1 Å². The normalized spacial score (nSPS) is 31.2. The van der Waals surface area contributed by atoms with Crippen LogP contribution in [0.25, 0.3) is 0 Å². The molecule has 1 aromatic carbocycles. The third-order valence-electron chi connectivity index (χ3n) is 4.47. The van der Waals surface area contributed by atoms with Crippen molar-refractivity contribution in [1.82, 2.24) is 5.32 Å². The Morgan fingerprint density at radius 1 is 1.00 bits per heavy atom. The second-order valence-electron chi connectivity index (χ2n) is 6.22. The summed E-state index contributed by atoms with van der Waals surface area (Å²) >= 11 is 0. The summed E-state index contributed by atoms with van der Waals surface area (Å²) in [5, 5.41) is 14.1. The van der Waals surface area contributed by atoms with Crippen LogP contribution in [-0.2, 0) is 5.60 Å². The highest BCUT2D eigenvalue weighted by Crippen LogP contribution is 2.42. The smallest absolute Gasteiger partial charge is 0.426 e. The van der Waals surface area contributed by atoms with Gasteiger partial charge in [-0.2, -0.15) is 22.0 Å². The highest BCUT2D eigenvalue weighted by Gasteiger charge is 2.61. The van der Waals surface area contributed by atoms with E-state index in [9.17, 15) is 27.1 Å².